The summed E-state index contributed by atoms with van der Waals surface area (Å²) < 4.78 is 27.1. The van der Waals surface area contributed by atoms with Crippen molar-refractivity contribution in [2.75, 3.05) is 0 Å². The summed E-state index contributed by atoms with van der Waals surface area (Å²) in [7, 11) is 0. The highest BCUT2D eigenvalue weighted by atomic mass is 19.2. The lowest BCUT2D eigenvalue weighted by atomic mass is 9.87. The third-order valence-electron chi connectivity index (χ3n) is 3.36. The highest BCUT2D eigenvalue weighted by Gasteiger charge is 2.28. The topological polar surface area (TPSA) is 20.2 Å². The molecule has 0 aliphatic heterocycles. The molecule has 2 aromatic rings. The second-order valence-electron chi connectivity index (χ2n) is 5.55. The Kier molecular flexibility index (Phi) is 3.91. The largest absolute Gasteiger partial charge is 0.385 e. The van der Waals surface area contributed by atoms with Gasteiger partial charge in [-0.05, 0) is 32.4 Å². The molecule has 106 valence electrons. The zero-order valence-corrected chi connectivity index (χ0v) is 11.9. The second-order valence-corrected chi connectivity index (χ2v) is 5.55. The summed E-state index contributed by atoms with van der Waals surface area (Å²) in [5.74, 6) is -1.93. The molecule has 1 unspecified atom stereocenters. The van der Waals surface area contributed by atoms with Crippen LogP contribution in [-0.2, 0) is 12.0 Å². The Labute approximate surface area is 117 Å². The molecular weight excluding hydrogens is 258 g/mol. The molecule has 0 amide bonds. The number of aliphatic hydroxyl groups is 1. The lowest BCUT2D eigenvalue weighted by Crippen LogP contribution is -2.26. The quantitative estimate of drug-likeness (QED) is 0.897. The average Bonchev–Trinajstić information content (AvgIpc) is 2.30. The van der Waals surface area contributed by atoms with Gasteiger partial charge in [0.25, 0.3) is 0 Å². The predicted molar refractivity (Wildman–Crippen MR) is 75.5 cm³/mol. The standard InChI is InChI=1S/C17H18F2O/c1-11-7-12(2)9-13(8-11)10-17(3,20)14-5-4-6-15(18)16(14)19/h4-9,20H,10H2,1-3H3. The first-order chi connectivity index (χ1) is 9.29. The smallest absolute Gasteiger partial charge is 0.164 e. The Balaban J connectivity index is 2.37. The normalized spacial score (nSPS) is 14.1. The number of aryl methyl sites for hydroxylation is 2. The van der Waals surface area contributed by atoms with E-state index < -0.39 is 17.2 Å². The summed E-state index contributed by atoms with van der Waals surface area (Å²) in [6.45, 7) is 5.44. The molecule has 3 heteroatoms. The van der Waals surface area contributed by atoms with Crippen LogP contribution in [0, 0.1) is 25.5 Å². The van der Waals surface area contributed by atoms with Crippen LogP contribution in [0.25, 0.3) is 0 Å². The van der Waals surface area contributed by atoms with Gasteiger partial charge in [-0.25, -0.2) is 8.78 Å². The molecule has 0 saturated heterocycles. The first-order valence-corrected chi connectivity index (χ1v) is 6.53. The fourth-order valence-electron chi connectivity index (χ4n) is 2.58. The zero-order chi connectivity index (χ0) is 14.9. The highest BCUT2D eigenvalue weighted by molar-refractivity contribution is 5.32. The molecule has 0 bridgehead atoms. The van der Waals surface area contributed by atoms with Gasteiger partial charge in [0.15, 0.2) is 11.6 Å². The number of hydrogen-bond acceptors (Lipinski definition) is 1. The fourth-order valence-corrected chi connectivity index (χ4v) is 2.58. The van der Waals surface area contributed by atoms with Crippen LogP contribution >= 0.6 is 0 Å². The lowest BCUT2D eigenvalue weighted by Gasteiger charge is -2.25. The molecule has 20 heavy (non-hydrogen) atoms. The third-order valence-corrected chi connectivity index (χ3v) is 3.36. The molecule has 0 spiro atoms. The van der Waals surface area contributed by atoms with E-state index in [1.807, 2.05) is 32.0 Å². The van der Waals surface area contributed by atoms with Crippen LogP contribution in [0.3, 0.4) is 0 Å². The van der Waals surface area contributed by atoms with Crippen LogP contribution in [0.2, 0.25) is 0 Å². The van der Waals surface area contributed by atoms with Crippen LogP contribution in [0.15, 0.2) is 36.4 Å². The Bertz CT molecular complexity index is 613. The van der Waals surface area contributed by atoms with Crippen molar-refractivity contribution in [3.63, 3.8) is 0 Å². The second kappa shape index (κ2) is 5.33. The molecular formula is C17H18F2O. The first kappa shape index (κ1) is 14.7. The summed E-state index contributed by atoms with van der Waals surface area (Å²) in [6, 6.07) is 9.79. The van der Waals surface area contributed by atoms with Crippen molar-refractivity contribution < 1.29 is 13.9 Å². The Hall–Kier alpha value is -1.74. The summed E-state index contributed by atoms with van der Waals surface area (Å²) in [5, 5.41) is 10.5. The highest BCUT2D eigenvalue weighted by Crippen LogP contribution is 2.29. The monoisotopic (exact) mass is 276 g/mol. The molecule has 0 aliphatic carbocycles. The summed E-state index contributed by atoms with van der Waals surface area (Å²) in [5.41, 5.74) is 1.59. The van der Waals surface area contributed by atoms with Gasteiger partial charge >= 0.3 is 0 Å². The van der Waals surface area contributed by atoms with Crippen molar-refractivity contribution in [3.8, 4) is 0 Å². The minimum atomic E-state index is -1.45. The van der Waals surface area contributed by atoms with Gasteiger partial charge in [0.05, 0.1) is 5.60 Å². The van der Waals surface area contributed by atoms with E-state index in [0.29, 0.717) is 0 Å². The van der Waals surface area contributed by atoms with Gasteiger partial charge in [-0.2, -0.15) is 0 Å². The van der Waals surface area contributed by atoms with Gasteiger partial charge in [-0.1, -0.05) is 41.5 Å². The number of hydrogen-bond donors (Lipinski definition) is 1. The molecule has 1 N–H and O–H groups in total. The zero-order valence-electron chi connectivity index (χ0n) is 11.9. The van der Waals surface area contributed by atoms with Crippen LogP contribution in [0.5, 0.6) is 0 Å². The van der Waals surface area contributed by atoms with Crippen molar-refractivity contribution in [3.05, 3.63) is 70.3 Å². The van der Waals surface area contributed by atoms with Gasteiger partial charge in [0, 0.05) is 12.0 Å². The lowest BCUT2D eigenvalue weighted by molar-refractivity contribution is 0.0530. The van der Waals surface area contributed by atoms with Gasteiger partial charge in [-0.15, -0.1) is 0 Å². The molecule has 0 aromatic heterocycles. The number of rotatable bonds is 3. The van der Waals surface area contributed by atoms with Gasteiger partial charge in [0.2, 0.25) is 0 Å². The Morgan fingerprint density at radius 3 is 2.25 bits per heavy atom. The molecule has 0 radical (unpaired) electrons. The Morgan fingerprint density at radius 1 is 1.05 bits per heavy atom. The third kappa shape index (κ3) is 3.05. The molecule has 1 atom stereocenters. The summed E-state index contributed by atoms with van der Waals surface area (Å²) >= 11 is 0. The maximum absolute atomic E-state index is 13.8. The van der Waals surface area contributed by atoms with Crippen LogP contribution in [0.4, 0.5) is 8.78 Å². The van der Waals surface area contributed by atoms with Crippen molar-refractivity contribution in [2.24, 2.45) is 0 Å². The SMILES string of the molecule is Cc1cc(C)cc(CC(C)(O)c2cccc(F)c2F)c1. The minimum Gasteiger partial charge on any atom is -0.385 e. The van der Waals surface area contributed by atoms with E-state index in [0.717, 1.165) is 22.8 Å². The average molecular weight is 276 g/mol. The molecule has 0 aliphatic rings. The van der Waals surface area contributed by atoms with Gasteiger partial charge < -0.3 is 5.11 Å². The van der Waals surface area contributed by atoms with Crippen molar-refractivity contribution in [1.29, 1.82) is 0 Å². The molecule has 2 aromatic carbocycles. The minimum absolute atomic E-state index is 0.0170. The molecule has 0 fully saturated rings. The van der Waals surface area contributed by atoms with E-state index >= 15 is 0 Å². The van der Waals surface area contributed by atoms with Crippen molar-refractivity contribution in [2.45, 2.75) is 32.8 Å². The maximum atomic E-state index is 13.8. The fraction of sp³-hybridized carbons (Fsp3) is 0.294. The Morgan fingerprint density at radius 2 is 1.65 bits per heavy atom. The van der Waals surface area contributed by atoms with E-state index in [9.17, 15) is 13.9 Å². The summed E-state index contributed by atoms with van der Waals surface area (Å²) in [6.07, 6.45) is 0.232. The predicted octanol–water partition coefficient (Wildman–Crippen LogP) is 4.03. The summed E-state index contributed by atoms with van der Waals surface area (Å²) in [4.78, 5) is 0. The van der Waals surface area contributed by atoms with Crippen LogP contribution < -0.4 is 0 Å². The van der Waals surface area contributed by atoms with Crippen molar-refractivity contribution in [1.82, 2.24) is 0 Å². The molecule has 2 rings (SSSR count). The van der Waals surface area contributed by atoms with E-state index in [-0.39, 0.29) is 12.0 Å². The van der Waals surface area contributed by atoms with Crippen LogP contribution in [0.1, 0.15) is 29.2 Å². The molecule has 0 heterocycles. The van der Waals surface area contributed by atoms with E-state index in [1.165, 1.54) is 19.1 Å². The van der Waals surface area contributed by atoms with Gasteiger partial charge in [-0.3, -0.25) is 0 Å². The van der Waals surface area contributed by atoms with E-state index in [2.05, 4.69) is 0 Å². The van der Waals surface area contributed by atoms with E-state index in [1.54, 1.807) is 0 Å². The number of benzene rings is 2. The first-order valence-electron chi connectivity index (χ1n) is 6.53. The van der Waals surface area contributed by atoms with Crippen molar-refractivity contribution >= 4 is 0 Å². The molecule has 1 nitrogen and oxygen atoms in total. The van der Waals surface area contributed by atoms with E-state index in [4.69, 9.17) is 0 Å². The maximum Gasteiger partial charge on any atom is 0.164 e. The van der Waals surface area contributed by atoms with Crippen LogP contribution in [-0.4, -0.2) is 5.11 Å². The molecule has 0 saturated carbocycles. The number of halogens is 2. The van der Waals surface area contributed by atoms with Gasteiger partial charge in [0.1, 0.15) is 0 Å².